The molecular formula is C24H23F2NO3. The van der Waals surface area contributed by atoms with E-state index in [0.29, 0.717) is 5.70 Å². The first-order valence-electron chi connectivity index (χ1n) is 9.62. The van der Waals surface area contributed by atoms with E-state index in [1.165, 1.54) is 17.0 Å². The summed E-state index contributed by atoms with van der Waals surface area (Å²) in [5.41, 5.74) is 2.63. The molecule has 1 aliphatic rings. The van der Waals surface area contributed by atoms with Crippen LogP contribution < -0.4 is 0 Å². The Morgan fingerprint density at radius 1 is 1.23 bits per heavy atom. The zero-order valence-corrected chi connectivity index (χ0v) is 17.0. The van der Waals surface area contributed by atoms with Gasteiger partial charge < -0.3 is 9.64 Å². The number of aryl methyl sites for hydroxylation is 1. The number of benzene rings is 2. The second-order valence-corrected chi connectivity index (χ2v) is 7.22. The summed E-state index contributed by atoms with van der Waals surface area (Å²) in [5.74, 6) is -3.28. The zero-order valence-electron chi connectivity index (χ0n) is 17.0. The molecule has 156 valence electrons. The molecule has 2 aromatic carbocycles. The van der Waals surface area contributed by atoms with Gasteiger partial charge in [-0.1, -0.05) is 43.0 Å². The predicted molar refractivity (Wildman–Crippen MR) is 109 cm³/mol. The molecule has 0 spiro atoms. The minimum Gasteiger partial charge on any atom is -0.458 e. The molecule has 0 radical (unpaired) electrons. The second kappa shape index (κ2) is 9.03. The van der Waals surface area contributed by atoms with Gasteiger partial charge in [0.1, 0.15) is 18.2 Å². The van der Waals surface area contributed by atoms with E-state index in [1.807, 2.05) is 31.2 Å². The first kappa shape index (κ1) is 21.4. The number of carbonyl (C=O) groups is 2. The number of allylic oxidation sites excluding steroid dienone is 1. The Morgan fingerprint density at radius 2 is 1.97 bits per heavy atom. The Morgan fingerprint density at radius 3 is 2.63 bits per heavy atom. The maximum Gasteiger partial charge on any atom is 0.336 e. The van der Waals surface area contributed by atoms with E-state index >= 15 is 0 Å². The van der Waals surface area contributed by atoms with Crippen molar-refractivity contribution in [2.45, 2.75) is 32.7 Å². The predicted octanol–water partition coefficient (Wildman–Crippen LogP) is 4.79. The Labute approximate surface area is 174 Å². The largest absolute Gasteiger partial charge is 0.458 e. The molecule has 0 fully saturated rings. The average Bonchev–Trinajstić information content (AvgIpc) is 2.70. The first-order chi connectivity index (χ1) is 14.3. The molecule has 1 atom stereocenters. The Hall–Kier alpha value is -3.28. The molecule has 0 saturated heterocycles. The summed E-state index contributed by atoms with van der Waals surface area (Å²) in [4.78, 5) is 27.3. The quantitative estimate of drug-likeness (QED) is 0.507. The normalized spacial score (nSPS) is 16.6. The molecule has 3 rings (SSSR count). The van der Waals surface area contributed by atoms with Crippen molar-refractivity contribution in [1.29, 1.82) is 0 Å². The van der Waals surface area contributed by atoms with Gasteiger partial charge >= 0.3 is 5.97 Å². The number of hydrogen-bond acceptors (Lipinski definition) is 3. The number of ether oxygens (including phenoxy) is 1. The Bertz CT molecular complexity index is 1030. The van der Waals surface area contributed by atoms with Crippen molar-refractivity contribution in [3.8, 4) is 0 Å². The van der Waals surface area contributed by atoms with Crippen LogP contribution in [0.3, 0.4) is 0 Å². The molecule has 4 nitrogen and oxygen atoms in total. The molecule has 1 heterocycles. The zero-order chi connectivity index (χ0) is 21.8. The molecule has 1 amide bonds. The van der Waals surface area contributed by atoms with E-state index in [-0.39, 0.29) is 36.6 Å². The van der Waals surface area contributed by atoms with Crippen LogP contribution in [0.1, 0.15) is 36.0 Å². The summed E-state index contributed by atoms with van der Waals surface area (Å²) in [7, 11) is 0. The molecule has 2 aromatic rings. The van der Waals surface area contributed by atoms with Crippen molar-refractivity contribution in [2.75, 3.05) is 6.61 Å². The van der Waals surface area contributed by atoms with Gasteiger partial charge in [-0.3, -0.25) is 4.79 Å². The van der Waals surface area contributed by atoms with E-state index in [9.17, 15) is 18.4 Å². The molecule has 0 saturated carbocycles. The van der Waals surface area contributed by atoms with Gasteiger partial charge in [0.15, 0.2) is 0 Å². The standard InChI is InChI=1S/C24H23F2NO3/c1-4-11-30-24(29)23-16(3)27(14-17-8-6-5-7-15(17)2)22(28)13-20(23)19-10-9-18(25)12-21(19)26/h4-10,12,20H,1,11,13-14H2,2-3H3/t20-/m0/s1. The number of hydrogen-bond donors (Lipinski definition) is 0. The van der Waals surface area contributed by atoms with Crippen LogP contribution in [0.4, 0.5) is 8.78 Å². The lowest BCUT2D eigenvalue weighted by molar-refractivity contribution is -0.139. The van der Waals surface area contributed by atoms with E-state index in [1.54, 1.807) is 6.92 Å². The summed E-state index contributed by atoms with van der Waals surface area (Å²) in [6, 6.07) is 10.8. The van der Waals surface area contributed by atoms with Gasteiger partial charge in [0.05, 0.1) is 12.1 Å². The van der Waals surface area contributed by atoms with Crippen LogP contribution in [-0.4, -0.2) is 23.4 Å². The van der Waals surface area contributed by atoms with Crippen LogP contribution in [0.2, 0.25) is 0 Å². The third-order valence-electron chi connectivity index (χ3n) is 5.30. The fraction of sp³-hybridized carbons (Fsp3) is 0.250. The minimum absolute atomic E-state index is 0.0139. The van der Waals surface area contributed by atoms with Crippen molar-refractivity contribution in [2.24, 2.45) is 0 Å². The molecule has 0 aromatic heterocycles. The topological polar surface area (TPSA) is 46.6 Å². The highest BCUT2D eigenvalue weighted by atomic mass is 19.1. The highest BCUT2D eigenvalue weighted by Gasteiger charge is 2.38. The van der Waals surface area contributed by atoms with Crippen LogP contribution in [0.25, 0.3) is 0 Å². The third kappa shape index (κ3) is 4.32. The summed E-state index contributed by atoms with van der Waals surface area (Å²) in [6.07, 6.45) is 1.31. The van der Waals surface area contributed by atoms with Crippen molar-refractivity contribution in [1.82, 2.24) is 4.90 Å². The number of amides is 1. The molecular weight excluding hydrogens is 388 g/mol. The van der Waals surface area contributed by atoms with Gasteiger partial charge in [0.25, 0.3) is 0 Å². The van der Waals surface area contributed by atoms with Gasteiger partial charge in [-0.25, -0.2) is 13.6 Å². The lowest BCUT2D eigenvalue weighted by Crippen LogP contribution is -2.38. The number of carbonyl (C=O) groups excluding carboxylic acids is 2. The van der Waals surface area contributed by atoms with E-state index < -0.39 is 23.5 Å². The maximum absolute atomic E-state index is 14.5. The van der Waals surface area contributed by atoms with E-state index in [2.05, 4.69) is 6.58 Å². The number of nitrogens with zero attached hydrogens (tertiary/aromatic N) is 1. The molecule has 0 unspecified atom stereocenters. The van der Waals surface area contributed by atoms with Gasteiger partial charge in [-0.05, 0) is 36.6 Å². The highest BCUT2D eigenvalue weighted by molar-refractivity contribution is 5.96. The number of esters is 1. The SMILES string of the molecule is C=CCOC(=O)C1=C(C)N(Cc2ccccc2C)C(=O)C[C@H]1c1ccc(F)cc1F. The van der Waals surface area contributed by atoms with Gasteiger partial charge in [-0.15, -0.1) is 0 Å². The van der Waals surface area contributed by atoms with Crippen LogP contribution in [0.5, 0.6) is 0 Å². The first-order valence-corrected chi connectivity index (χ1v) is 9.62. The van der Waals surface area contributed by atoms with E-state index in [0.717, 1.165) is 23.3 Å². The number of halogens is 2. The summed E-state index contributed by atoms with van der Waals surface area (Å²) in [6.45, 7) is 7.39. The Balaban J connectivity index is 2.07. The molecule has 0 bridgehead atoms. The van der Waals surface area contributed by atoms with Crippen LogP contribution in [-0.2, 0) is 20.9 Å². The molecule has 1 aliphatic heterocycles. The Kier molecular flexibility index (Phi) is 6.45. The van der Waals surface area contributed by atoms with Crippen molar-refractivity contribution < 1.29 is 23.1 Å². The summed E-state index contributed by atoms with van der Waals surface area (Å²) < 4.78 is 33.1. The van der Waals surface area contributed by atoms with Gasteiger partial charge in [0, 0.05) is 24.1 Å². The van der Waals surface area contributed by atoms with Gasteiger partial charge in [0.2, 0.25) is 5.91 Å². The number of rotatable bonds is 6. The van der Waals surface area contributed by atoms with Gasteiger partial charge in [-0.2, -0.15) is 0 Å². The fourth-order valence-electron chi connectivity index (χ4n) is 3.69. The van der Waals surface area contributed by atoms with Crippen molar-refractivity contribution in [3.05, 3.63) is 94.7 Å². The molecule has 0 aliphatic carbocycles. The smallest absolute Gasteiger partial charge is 0.336 e. The molecule has 0 N–H and O–H groups in total. The average molecular weight is 411 g/mol. The van der Waals surface area contributed by atoms with Crippen LogP contribution in [0.15, 0.2) is 66.4 Å². The van der Waals surface area contributed by atoms with Crippen molar-refractivity contribution >= 4 is 11.9 Å². The van der Waals surface area contributed by atoms with Crippen LogP contribution in [0, 0.1) is 18.6 Å². The maximum atomic E-state index is 14.5. The molecule has 6 heteroatoms. The van der Waals surface area contributed by atoms with Crippen LogP contribution >= 0.6 is 0 Å². The molecule has 30 heavy (non-hydrogen) atoms. The minimum atomic E-state index is -0.858. The monoisotopic (exact) mass is 411 g/mol. The van der Waals surface area contributed by atoms with Crippen molar-refractivity contribution in [3.63, 3.8) is 0 Å². The fourth-order valence-corrected chi connectivity index (χ4v) is 3.69. The summed E-state index contributed by atoms with van der Waals surface area (Å²) in [5, 5.41) is 0. The lowest BCUT2D eigenvalue weighted by atomic mass is 9.83. The second-order valence-electron chi connectivity index (χ2n) is 7.22. The summed E-state index contributed by atoms with van der Waals surface area (Å²) >= 11 is 0. The van der Waals surface area contributed by atoms with E-state index in [4.69, 9.17) is 4.74 Å². The highest BCUT2D eigenvalue weighted by Crippen LogP contribution is 2.39. The third-order valence-corrected chi connectivity index (χ3v) is 5.30. The lowest BCUT2D eigenvalue weighted by Gasteiger charge is -2.35.